The highest BCUT2D eigenvalue weighted by Gasteiger charge is 2.57. The number of aliphatic hydroxyl groups is 1. The fourth-order valence-corrected chi connectivity index (χ4v) is 6.49. The van der Waals surface area contributed by atoms with Crippen molar-refractivity contribution >= 4 is 42.2 Å². The van der Waals surface area contributed by atoms with E-state index in [0.29, 0.717) is 22.5 Å². The second kappa shape index (κ2) is 11.6. The van der Waals surface area contributed by atoms with Gasteiger partial charge in [0.1, 0.15) is 35.5 Å². The Balaban J connectivity index is 1.40. The van der Waals surface area contributed by atoms with E-state index in [4.69, 9.17) is 46.1 Å². The first-order chi connectivity index (χ1) is 19.4. The molecule has 15 heteroatoms. The van der Waals surface area contributed by atoms with Gasteiger partial charge in [0.25, 0.3) is 0 Å². The van der Waals surface area contributed by atoms with Crippen molar-refractivity contribution in [3.05, 3.63) is 53.4 Å². The van der Waals surface area contributed by atoms with Crippen LogP contribution < -0.4 is 11.5 Å². The van der Waals surface area contributed by atoms with E-state index < -0.39 is 56.6 Å². The molecule has 4 heterocycles. The number of benzene rings is 1. The molecule has 2 saturated heterocycles. The minimum atomic E-state index is -4.08. The molecule has 1 unspecified atom stereocenters. The number of fused-ring (bicyclic) bond motifs is 1. The average Bonchev–Trinajstić information content (AvgIpc) is 3.46. The van der Waals surface area contributed by atoms with E-state index in [-0.39, 0.29) is 18.3 Å². The number of phosphoric ester groups is 1. The van der Waals surface area contributed by atoms with Crippen molar-refractivity contribution < 1.29 is 37.5 Å². The number of nitrogens with zero attached hydrogens (tertiary/aromatic N) is 3. The quantitative estimate of drug-likeness (QED) is 0.250. The fourth-order valence-electron chi connectivity index (χ4n) is 4.89. The molecule has 0 bridgehead atoms. The van der Waals surface area contributed by atoms with Crippen LogP contribution in [-0.2, 0) is 32.4 Å². The molecule has 0 saturated carbocycles. The van der Waals surface area contributed by atoms with Crippen LogP contribution in [0.4, 0.5) is 5.82 Å². The molecule has 3 aromatic rings. The Kier molecular flexibility index (Phi) is 8.44. The summed E-state index contributed by atoms with van der Waals surface area (Å²) in [5, 5.41) is 12.8. The smallest absolute Gasteiger partial charge is 0.455 e. The first-order valence-corrected chi connectivity index (χ1v) is 15.0. The minimum Gasteiger partial charge on any atom is -0.455 e. The molecule has 0 radical (unpaired) electrons. The Hall–Kier alpha value is -2.61. The number of carbonyl (C=O) groups is 1. The van der Waals surface area contributed by atoms with Gasteiger partial charge in [-0.2, -0.15) is 0 Å². The van der Waals surface area contributed by atoms with Crippen molar-refractivity contribution in [1.29, 1.82) is 0 Å². The zero-order valence-corrected chi connectivity index (χ0v) is 24.4. The van der Waals surface area contributed by atoms with Crippen LogP contribution in [0, 0.1) is 5.92 Å². The van der Waals surface area contributed by atoms with Gasteiger partial charge in [0.15, 0.2) is 12.3 Å². The lowest BCUT2D eigenvalue weighted by atomic mass is 9.95. The summed E-state index contributed by atoms with van der Waals surface area (Å²) in [5.74, 6) is -0.714. The number of halogens is 1. The molecule has 2 aromatic heterocycles. The molecule has 41 heavy (non-hydrogen) atoms. The highest BCUT2D eigenvalue weighted by molar-refractivity contribution is 7.48. The maximum Gasteiger partial charge on any atom is 0.475 e. The summed E-state index contributed by atoms with van der Waals surface area (Å²) in [6.07, 6.45) is -0.712. The van der Waals surface area contributed by atoms with E-state index in [1.165, 1.54) is 13.3 Å². The summed E-state index contributed by atoms with van der Waals surface area (Å²) in [7, 11) is -4.08. The van der Waals surface area contributed by atoms with Crippen molar-refractivity contribution in [3.8, 4) is 0 Å². The van der Waals surface area contributed by atoms with Crippen LogP contribution in [0.15, 0.2) is 42.9 Å². The number of hydrogen-bond donors (Lipinski definition) is 3. The highest BCUT2D eigenvalue weighted by atomic mass is 35.5. The monoisotopic (exact) mass is 609 g/mol. The molecule has 222 valence electrons. The van der Waals surface area contributed by atoms with Gasteiger partial charge < -0.3 is 30.6 Å². The summed E-state index contributed by atoms with van der Waals surface area (Å²) in [4.78, 5) is 21.2. The highest BCUT2D eigenvalue weighted by Crippen LogP contribution is 2.57. The topological polar surface area (TPSA) is 183 Å². The number of hydrogen-bond acceptors (Lipinski definition) is 12. The van der Waals surface area contributed by atoms with Crippen LogP contribution in [0.25, 0.3) is 11.0 Å². The van der Waals surface area contributed by atoms with Crippen LogP contribution in [0.3, 0.4) is 0 Å². The zero-order chi connectivity index (χ0) is 29.5. The predicted octanol–water partition coefficient (Wildman–Crippen LogP) is 3.51. The molecule has 7 atom stereocenters. The number of ether oxygens (including phenoxy) is 2. The minimum absolute atomic E-state index is 0.110. The van der Waals surface area contributed by atoms with Crippen LogP contribution >= 0.6 is 19.4 Å². The van der Waals surface area contributed by atoms with Crippen LogP contribution in [0.2, 0.25) is 5.02 Å². The van der Waals surface area contributed by atoms with E-state index in [1.807, 2.05) is 0 Å². The number of carbonyl (C=O) groups excluding carboxylic acids is 1. The third-order valence-corrected chi connectivity index (χ3v) is 8.96. The number of aromatic nitrogens is 3. The van der Waals surface area contributed by atoms with Crippen molar-refractivity contribution in [3.63, 3.8) is 0 Å². The van der Waals surface area contributed by atoms with Crippen molar-refractivity contribution in [2.24, 2.45) is 11.7 Å². The molecule has 0 spiro atoms. The molecule has 2 aliphatic heterocycles. The van der Waals surface area contributed by atoms with Gasteiger partial charge in [-0.25, -0.2) is 14.5 Å². The van der Waals surface area contributed by atoms with Gasteiger partial charge >= 0.3 is 13.8 Å². The van der Waals surface area contributed by atoms with E-state index in [1.54, 1.807) is 54.9 Å². The van der Waals surface area contributed by atoms with Gasteiger partial charge in [-0.15, -0.1) is 0 Å². The number of nitrogen functional groups attached to an aromatic ring is 1. The summed E-state index contributed by atoms with van der Waals surface area (Å²) in [6.45, 7) is 4.70. The molecule has 5 rings (SSSR count). The van der Waals surface area contributed by atoms with Crippen molar-refractivity contribution in [2.75, 3.05) is 18.9 Å². The lowest BCUT2D eigenvalue weighted by molar-refractivity contribution is -0.166. The Morgan fingerprint density at radius 2 is 2.12 bits per heavy atom. The van der Waals surface area contributed by atoms with E-state index in [2.05, 4.69) is 9.97 Å². The Bertz CT molecular complexity index is 1470. The molecule has 13 nitrogen and oxygen atoms in total. The molecule has 1 aromatic carbocycles. The maximum atomic E-state index is 13.5. The number of rotatable bonds is 8. The summed E-state index contributed by atoms with van der Waals surface area (Å²) in [5.41, 5.74) is 11.3. The van der Waals surface area contributed by atoms with Crippen molar-refractivity contribution in [1.82, 2.24) is 14.5 Å². The second-order valence-corrected chi connectivity index (χ2v) is 12.7. The molecule has 5 N–H and O–H groups in total. The molecule has 2 fully saturated rings. The third-order valence-electron chi connectivity index (χ3n) is 7.25. The Morgan fingerprint density at radius 3 is 2.85 bits per heavy atom. The van der Waals surface area contributed by atoms with Gasteiger partial charge in [-0.3, -0.25) is 18.4 Å². The largest absolute Gasteiger partial charge is 0.475 e. The van der Waals surface area contributed by atoms with E-state index in [9.17, 15) is 14.5 Å². The van der Waals surface area contributed by atoms with E-state index >= 15 is 0 Å². The van der Waals surface area contributed by atoms with Gasteiger partial charge in [-0.1, -0.05) is 37.6 Å². The fraction of sp³-hybridized carbons (Fsp3) is 0.500. The summed E-state index contributed by atoms with van der Waals surface area (Å²) in [6, 6.07) is 7.74. The number of phosphoric acid groups is 1. The van der Waals surface area contributed by atoms with Crippen LogP contribution in [0.1, 0.15) is 45.1 Å². The first-order valence-electron chi connectivity index (χ1n) is 13.1. The van der Waals surface area contributed by atoms with Crippen LogP contribution in [-0.4, -0.2) is 62.7 Å². The second-order valence-electron chi connectivity index (χ2n) is 10.6. The van der Waals surface area contributed by atoms with E-state index in [0.717, 1.165) is 5.56 Å². The first kappa shape index (κ1) is 29.9. The summed E-state index contributed by atoms with van der Waals surface area (Å²) < 4.78 is 43.8. The summed E-state index contributed by atoms with van der Waals surface area (Å²) >= 11 is 6.11. The number of anilines is 1. The van der Waals surface area contributed by atoms with Gasteiger partial charge in [0, 0.05) is 17.6 Å². The lowest BCUT2D eigenvalue weighted by Crippen LogP contribution is -2.50. The predicted molar refractivity (Wildman–Crippen MR) is 149 cm³/mol. The number of nitrogens with two attached hydrogens (primary N) is 2. The maximum absolute atomic E-state index is 13.5. The standard InChI is InChI=1S/C26H33ClN5O8P/c1-14(2)20(28)24(33)39-21-19(12-37-41(35)36-10-8-18(40-41)15-5-4-6-16(27)11-15)38-25(26(21,3)34)32-9-7-17-22(29)30-13-31-23(17)32/h4-7,9,11,13-14,18-21,25,34H,8,10,12,28H2,1-3H3,(H2,29,30,31)/t18-,19-,20+,21-,25-,26-,41?/m1/s1. The average molecular weight is 610 g/mol. The van der Waals surface area contributed by atoms with Gasteiger partial charge in [0.05, 0.1) is 24.7 Å². The molecule has 0 aliphatic carbocycles. The number of esters is 1. The Labute approximate surface area is 241 Å². The molecule has 0 amide bonds. The third kappa shape index (κ3) is 5.99. The van der Waals surface area contributed by atoms with Crippen LogP contribution in [0.5, 0.6) is 0 Å². The normalized spacial score (nSPS) is 31.0. The zero-order valence-electron chi connectivity index (χ0n) is 22.8. The van der Waals surface area contributed by atoms with Crippen molar-refractivity contribution in [2.45, 2.75) is 63.4 Å². The lowest BCUT2D eigenvalue weighted by Gasteiger charge is -2.32. The molecular weight excluding hydrogens is 577 g/mol. The molecule has 2 aliphatic rings. The van der Waals surface area contributed by atoms with Gasteiger partial charge in [0.2, 0.25) is 0 Å². The molecular formula is C26H33ClN5O8P. The van der Waals surface area contributed by atoms with Gasteiger partial charge in [-0.05, 0) is 36.6 Å². The SMILES string of the molecule is CC(C)[C@H](N)C(=O)O[C@@H]1[C@@H](COP2(=O)OCC[C@H](c3cccc(Cl)c3)O2)O[C@@H](n2ccc3c(N)ncnc32)[C@]1(C)O. The Morgan fingerprint density at radius 1 is 1.34 bits per heavy atom.